The third-order valence-corrected chi connectivity index (χ3v) is 3.63. The van der Waals surface area contributed by atoms with Gasteiger partial charge in [0.1, 0.15) is 0 Å². The Balaban J connectivity index is 2.41. The highest BCUT2D eigenvalue weighted by Gasteiger charge is 2.15. The number of nitrogens with zero attached hydrogens (tertiary/aromatic N) is 1. The average molecular weight is 257 g/mol. The monoisotopic (exact) mass is 257 g/mol. The summed E-state index contributed by atoms with van der Waals surface area (Å²) < 4.78 is 2.07. The van der Waals surface area contributed by atoms with Gasteiger partial charge in [0.15, 0.2) is 0 Å². The van der Waals surface area contributed by atoms with Crippen molar-refractivity contribution < 1.29 is 9.90 Å². The molecule has 0 saturated heterocycles. The smallest absolute Gasteiger partial charge is 0.337 e. The van der Waals surface area contributed by atoms with Gasteiger partial charge in [0, 0.05) is 17.9 Å². The largest absolute Gasteiger partial charge is 0.478 e. The fourth-order valence-electron chi connectivity index (χ4n) is 2.49. The maximum Gasteiger partial charge on any atom is 0.337 e. The molecule has 0 bridgehead atoms. The van der Waals surface area contributed by atoms with Gasteiger partial charge >= 0.3 is 5.97 Å². The zero-order valence-electron chi connectivity index (χ0n) is 11.6. The Morgan fingerprint density at radius 3 is 2.37 bits per heavy atom. The molecule has 0 aliphatic carbocycles. The SMILES string of the molecule is CCc1ccccc1Cn1c(C)cc(C(=O)O)c1C. The van der Waals surface area contributed by atoms with Crippen LogP contribution in [0.15, 0.2) is 30.3 Å². The van der Waals surface area contributed by atoms with Gasteiger partial charge in [-0.15, -0.1) is 0 Å². The minimum Gasteiger partial charge on any atom is -0.478 e. The van der Waals surface area contributed by atoms with Gasteiger partial charge in [-0.2, -0.15) is 0 Å². The summed E-state index contributed by atoms with van der Waals surface area (Å²) >= 11 is 0. The molecule has 1 aromatic heterocycles. The van der Waals surface area contributed by atoms with E-state index in [-0.39, 0.29) is 0 Å². The molecule has 1 N–H and O–H groups in total. The number of aryl methyl sites for hydroxylation is 2. The van der Waals surface area contributed by atoms with Crippen molar-refractivity contribution in [2.45, 2.75) is 33.7 Å². The molecule has 0 amide bonds. The van der Waals surface area contributed by atoms with Crippen LogP contribution >= 0.6 is 0 Å². The molecule has 0 radical (unpaired) electrons. The van der Waals surface area contributed by atoms with E-state index >= 15 is 0 Å². The van der Waals surface area contributed by atoms with E-state index in [0.29, 0.717) is 5.56 Å². The number of rotatable bonds is 4. The minimum atomic E-state index is -0.858. The van der Waals surface area contributed by atoms with Crippen LogP contribution in [0.5, 0.6) is 0 Å². The summed E-state index contributed by atoms with van der Waals surface area (Å²) in [6.07, 6.45) is 0.987. The van der Waals surface area contributed by atoms with Crippen molar-refractivity contribution in [1.29, 1.82) is 0 Å². The van der Waals surface area contributed by atoms with Gasteiger partial charge in [0.05, 0.1) is 5.56 Å². The van der Waals surface area contributed by atoms with Crippen LogP contribution in [0.3, 0.4) is 0 Å². The number of aromatic carboxylic acids is 1. The van der Waals surface area contributed by atoms with Crippen molar-refractivity contribution in [3.8, 4) is 0 Å². The van der Waals surface area contributed by atoms with Crippen LogP contribution in [-0.2, 0) is 13.0 Å². The van der Waals surface area contributed by atoms with Crippen molar-refractivity contribution >= 4 is 5.97 Å². The molecule has 0 aliphatic heterocycles. The number of hydrogen-bond acceptors (Lipinski definition) is 1. The zero-order chi connectivity index (χ0) is 14.0. The van der Waals surface area contributed by atoms with Crippen LogP contribution in [0.1, 0.15) is 39.8 Å². The predicted molar refractivity (Wildman–Crippen MR) is 75.8 cm³/mol. The van der Waals surface area contributed by atoms with Crippen molar-refractivity contribution in [2.24, 2.45) is 0 Å². The first kappa shape index (κ1) is 13.4. The second kappa shape index (κ2) is 5.31. The number of aromatic nitrogens is 1. The molecular weight excluding hydrogens is 238 g/mol. The highest BCUT2D eigenvalue weighted by atomic mass is 16.4. The van der Waals surface area contributed by atoms with Crippen LogP contribution < -0.4 is 0 Å². The maximum absolute atomic E-state index is 11.1. The van der Waals surface area contributed by atoms with Crippen molar-refractivity contribution in [1.82, 2.24) is 4.57 Å². The number of carboxylic acids is 1. The van der Waals surface area contributed by atoms with Crippen LogP contribution in [0, 0.1) is 13.8 Å². The summed E-state index contributed by atoms with van der Waals surface area (Å²) in [5.41, 5.74) is 4.76. The fraction of sp³-hybridized carbons (Fsp3) is 0.312. The van der Waals surface area contributed by atoms with Crippen LogP contribution in [-0.4, -0.2) is 15.6 Å². The van der Waals surface area contributed by atoms with E-state index in [1.54, 1.807) is 6.07 Å². The molecule has 0 unspecified atom stereocenters. The Morgan fingerprint density at radius 1 is 1.21 bits per heavy atom. The van der Waals surface area contributed by atoms with E-state index in [2.05, 4.69) is 23.6 Å². The molecule has 0 aliphatic rings. The molecule has 3 nitrogen and oxygen atoms in total. The molecule has 0 spiro atoms. The van der Waals surface area contributed by atoms with Gasteiger partial charge in [-0.25, -0.2) is 4.79 Å². The van der Waals surface area contributed by atoms with Crippen LogP contribution in [0.4, 0.5) is 0 Å². The summed E-state index contributed by atoms with van der Waals surface area (Å²) in [7, 11) is 0. The normalized spacial score (nSPS) is 10.7. The van der Waals surface area contributed by atoms with E-state index in [1.165, 1.54) is 11.1 Å². The Bertz CT molecular complexity index is 611. The average Bonchev–Trinajstić information content (AvgIpc) is 2.67. The number of carboxylic acid groups (broad SMARTS) is 1. The summed E-state index contributed by atoms with van der Waals surface area (Å²) in [6.45, 7) is 6.69. The maximum atomic E-state index is 11.1. The summed E-state index contributed by atoms with van der Waals surface area (Å²) in [4.78, 5) is 11.1. The molecule has 2 aromatic rings. The Hall–Kier alpha value is -2.03. The van der Waals surface area contributed by atoms with E-state index in [0.717, 1.165) is 24.4 Å². The van der Waals surface area contributed by atoms with E-state index in [9.17, 15) is 4.79 Å². The first-order valence-electron chi connectivity index (χ1n) is 6.51. The lowest BCUT2D eigenvalue weighted by atomic mass is 10.1. The summed E-state index contributed by atoms with van der Waals surface area (Å²) in [5.74, 6) is -0.858. The van der Waals surface area contributed by atoms with E-state index in [4.69, 9.17) is 5.11 Å². The van der Waals surface area contributed by atoms with Crippen molar-refractivity contribution in [3.05, 3.63) is 58.4 Å². The first-order valence-corrected chi connectivity index (χ1v) is 6.51. The molecular formula is C16H19NO2. The predicted octanol–water partition coefficient (Wildman–Crippen LogP) is 3.41. The first-order chi connectivity index (χ1) is 9.04. The topological polar surface area (TPSA) is 42.2 Å². The number of benzene rings is 1. The highest BCUT2D eigenvalue weighted by Crippen LogP contribution is 2.19. The lowest BCUT2D eigenvalue weighted by Crippen LogP contribution is -2.07. The van der Waals surface area contributed by atoms with Crippen LogP contribution in [0.25, 0.3) is 0 Å². The molecule has 100 valence electrons. The Kier molecular flexibility index (Phi) is 3.74. The second-order valence-electron chi connectivity index (χ2n) is 4.80. The molecule has 2 rings (SSSR count). The molecule has 0 atom stereocenters. The van der Waals surface area contributed by atoms with Crippen molar-refractivity contribution in [3.63, 3.8) is 0 Å². The minimum absolute atomic E-state index is 0.395. The summed E-state index contributed by atoms with van der Waals surface area (Å²) in [6, 6.07) is 10.0. The quantitative estimate of drug-likeness (QED) is 0.912. The highest BCUT2D eigenvalue weighted by molar-refractivity contribution is 5.89. The van der Waals surface area contributed by atoms with Gasteiger partial charge in [0.2, 0.25) is 0 Å². The second-order valence-corrected chi connectivity index (χ2v) is 4.80. The number of carbonyl (C=O) groups is 1. The fourth-order valence-corrected chi connectivity index (χ4v) is 2.49. The lowest BCUT2D eigenvalue weighted by molar-refractivity contribution is 0.0696. The third kappa shape index (κ3) is 2.55. The standard InChI is InChI=1S/C16H19NO2/c1-4-13-7-5-6-8-14(13)10-17-11(2)9-15(12(17)3)16(18)19/h5-9H,4,10H2,1-3H3,(H,18,19). The molecule has 0 saturated carbocycles. The Labute approximate surface area is 113 Å². The van der Waals surface area contributed by atoms with E-state index < -0.39 is 5.97 Å². The molecule has 19 heavy (non-hydrogen) atoms. The van der Waals surface area contributed by atoms with Gasteiger partial charge in [0.25, 0.3) is 0 Å². The molecule has 1 heterocycles. The van der Waals surface area contributed by atoms with Gasteiger partial charge in [-0.05, 0) is 37.5 Å². The van der Waals surface area contributed by atoms with Crippen molar-refractivity contribution in [2.75, 3.05) is 0 Å². The summed E-state index contributed by atoms with van der Waals surface area (Å²) in [5, 5.41) is 9.16. The van der Waals surface area contributed by atoms with Gasteiger partial charge in [-0.3, -0.25) is 0 Å². The molecule has 0 fully saturated rings. The van der Waals surface area contributed by atoms with Gasteiger partial charge in [-0.1, -0.05) is 31.2 Å². The lowest BCUT2D eigenvalue weighted by Gasteiger charge is -2.12. The Morgan fingerprint density at radius 2 is 1.84 bits per heavy atom. The number of hydrogen-bond donors (Lipinski definition) is 1. The molecule has 3 heteroatoms. The molecule has 1 aromatic carbocycles. The zero-order valence-corrected chi connectivity index (χ0v) is 11.6. The third-order valence-electron chi connectivity index (χ3n) is 3.63. The van der Waals surface area contributed by atoms with Crippen LogP contribution in [0.2, 0.25) is 0 Å². The van der Waals surface area contributed by atoms with E-state index in [1.807, 2.05) is 26.0 Å². The van der Waals surface area contributed by atoms with Gasteiger partial charge < -0.3 is 9.67 Å².